The van der Waals surface area contributed by atoms with Crippen LogP contribution in [-0.4, -0.2) is 30.4 Å². The molecule has 100 valence electrons. The molecular formula is C13H17IO4. The Labute approximate surface area is 121 Å². The SMILES string of the molecule is C=C/C=C1\COC2C(O)C(C)=CCC12.O=COI. The lowest BCUT2D eigenvalue weighted by Gasteiger charge is -2.28. The number of carbonyl (C=O) groups excluding carboxylic acids is 1. The van der Waals surface area contributed by atoms with E-state index in [4.69, 9.17) is 9.53 Å². The van der Waals surface area contributed by atoms with Crippen LogP contribution in [0.3, 0.4) is 0 Å². The van der Waals surface area contributed by atoms with Crippen molar-refractivity contribution in [2.75, 3.05) is 6.61 Å². The zero-order chi connectivity index (χ0) is 13.5. The molecule has 1 aliphatic heterocycles. The molecule has 0 aromatic carbocycles. The summed E-state index contributed by atoms with van der Waals surface area (Å²) in [4.78, 5) is 8.94. The van der Waals surface area contributed by atoms with E-state index in [1.54, 1.807) is 6.08 Å². The zero-order valence-corrected chi connectivity index (χ0v) is 12.4. The zero-order valence-electron chi connectivity index (χ0n) is 10.2. The van der Waals surface area contributed by atoms with Crippen molar-refractivity contribution >= 4 is 29.5 Å². The number of fused-ring (bicyclic) bond motifs is 1. The minimum atomic E-state index is -0.426. The van der Waals surface area contributed by atoms with E-state index in [9.17, 15) is 5.11 Å². The number of ether oxygens (including phenoxy) is 1. The minimum Gasteiger partial charge on any atom is -0.397 e. The van der Waals surface area contributed by atoms with E-state index in [-0.39, 0.29) is 6.10 Å². The number of hydrogen-bond acceptors (Lipinski definition) is 4. The van der Waals surface area contributed by atoms with E-state index in [0.717, 1.165) is 12.0 Å². The number of carbonyl (C=O) groups is 1. The summed E-state index contributed by atoms with van der Waals surface area (Å²) in [6.07, 6.45) is 6.42. The fourth-order valence-corrected chi connectivity index (χ4v) is 2.24. The smallest absolute Gasteiger partial charge is 0.302 e. The molecule has 0 radical (unpaired) electrons. The third-order valence-corrected chi connectivity index (χ3v) is 3.36. The molecule has 0 amide bonds. The summed E-state index contributed by atoms with van der Waals surface area (Å²) in [6.45, 7) is 6.64. The molecule has 4 nitrogen and oxygen atoms in total. The third-order valence-electron chi connectivity index (χ3n) is 3.16. The summed E-state index contributed by atoms with van der Waals surface area (Å²) in [5, 5.41) is 9.89. The van der Waals surface area contributed by atoms with E-state index in [0.29, 0.717) is 19.0 Å². The summed E-state index contributed by atoms with van der Waals surface area (Å²) in [6, 6.07) is 0. The first-order chi connectivity index (χ1) is 8.65. The lowest BCUT2D eigenvalue weighted by Crippen LogP contribution is -2.35. The second-order valence-electron chi connectivity index (χ2n) is 4.17. The molecule has 3 atom stereocenters. The van der Waals surface area contributed by atoms with Crippen LogP contribution in [0, 0.1) is 5.92 Å². The minimum absolute atomic E-state index is 0.0359. The van der Waals surface area contributed by atoms with Crippen molar-refractivity contribution in [2.45, 2.75) is 25.6 Å². The van der Waals surface area contributed by atoms with Crippen LogP contribution in [-0.2, 0) is 12.6 Å². The predicted molar refractivity (Wildman–Crippen MR) is 77.1 cm³/mol. The first-order valence-corrected chi connectivity index (χ1v) is 6.52. The summed E-state index contributed by atoms with van der Waals surface area (Å²) in [5.74, 6) is 0.353. The Kier molecular flexibility index (Phi) is 6.59. The van der Waals surface area contributed by atoms with E-state index in [2.05, 4.69) is 15.7 Å². The summed E-state index contributed by atoms with van der Waals surface area (Å²) < 4.78 is 9.43. The van der Waals surface area contributed by atoms with Crippen molar-refractivity contribution < 1.29 is 17.7 Å². The lowest BCUT2D eigenvalue weighted by molar-refractivity contribution is -0.118. The molecule has 1 saturated heterocycles. The fourth-order valence-electron chi connectivity index (χ4n) is 2.24. The second kappa shape index (κ2) is 7.70. The molecule has 18 heavy (non-hydrogen) atoms. The van der Waals surface area contributed by atoms with Crippen molar-refractivity contribution in [1.29, 1.82) is 0 Å². The van der Waals surface area contributed by atoms with Crippen LogP contribution in [0.1, 0.15) is 13.3 Å². The molecule has 1 aliphatic carbocycles. The summed E-state index contributed by atoms with van der Waals surface area (Å²) in [5.41, 5.74) is 2.29. The molecule has 2 rings (SSSR count). The number of halogens is 1. The Morgan fingerprint density at radius 3 is 2.89 bits per heavy atom. The van der Waals surface area contributed by atoms with Crippen molar-refractivity contribution in [3.05, 3.63) is 36.0 Å². The van der Waals surface area contributed by atoms with Gasteiger partial charge in [-0.25, -0.2) is 0 Å². The standard InChI is InChI=1S/C12H16O2.CHIO2/c1-3-4-9-7-14-12-10(9)6-5-8(2)11(12)13;2-4-1-3/h3-5,10-13H,1,6-7H2,2H3;1H/b9-4+;. The number of aliphatic hydroxyl groups excluding tert-OH is 1. The highest BCUT2D eigenvalue weighted by Gasteiger charge is 2.39. The molecule has 0 spiro atoms. The van der Waals surface area contributed by atoms with E-state index in [1.165, 1.54) is 28.6 Å². The van der Waals surface area contributed by atoms with Crippen molar-refractivity contribution in [2.24, 2.45) is 5.92 Å². The van der Waals surface area contributed by atoms with Gasteiger partial charge in [-0.1, -0.05) is 24.8 Å². The van der Waals surface area contributed by atoms with Gasteiger partial charge in [-0.05, 0) is 24.5 Å². The molecule has 5 heteroatoms. The maximum atomic E-state index is 9.89. The average molecular weight is 364 g/mol. The van der Waals surface area contributed by atoms with Gasteiger partial charge in [-0.2, -0.15) is 0 Å². The first kappa shape index (κ1) is 15.4. The molecule has 1 N–H and O–H groups in total. The Bertz CT molecular complexity index is 362. The highest BCUT2D eigenvalue weighted by atomic mass is 127. The number of aliphatic hydroxyl groups is 1. The summed E-state index contributed by atoms with van der Waals surface area (Å²) >= 11 is 1.48. The maximum absolute atomic E-state index is 9.89. The maximum Gasteiger partial charge on any atom is 0.302 e. The quantitative estimate of drug-likeness (QED) is 0.464. The van der Waals surface area contributed by atoms with Crippen LogP contribution in [0.15, 0.2) is 36.0 Å². The molecule has 2 aliphatic rings. The Balaban J connectivity index is 0.000000357. The Hall–Kier alpha value is -0.660. The molecule has 0 saturated carbocycles. The normalized spacial score (nSPS) is 31.8. The molecular weight excluding hydrogens is 347 g/mol. The highest BCUT2D eigenvalue weighted by molar-refractivity contribution is 14.1. The van der Waals surface area contributed by atoms with Gasteiger partial charge in [0.2, 0.25) is 0 Å². The predicted octanol–water partition coefficient (Wildman–Crippen LogP) is 2.33. The molecule has 1 fully saturated rings. The monoisotopic (exact) mass is 364 g/mol. The van der Waals surface area contributed by atoms with Crippen molar-refractivity contribution in [3.63, 3.8) is 0 Å². The first-order valence-electron chi connectivity index (χ1n) is 5.64. The van der Waals surface area contributed by atoms with Crippen molar-refractivity contribution in [3.8, 4) is 0 Å². The van der Waals surface area contributed by atoms with E-state index in [1.807, 2.05) is 13.0 Å². The Morgan fingerprint density at radius 2 is 2.33 bits per heavy atom. The van der Waals surface area contributed by atoms with Crippen LogP contribution in [0.4, 0.5) is 0 Å². The molecule has 3 unspecified atom stereocenters. The van der Waals surface area contributed by atoms with Gasteiger partial charge >= 0.3 is 6.47 Å². The van der Waals surface area contributed by atoms with E-state index < -0.39 is 6.10 Å². The van der Waals surface area contributed by atoms with Gasteiger partial charge in [-0.3, -0.25) is 4.79 Å². The number of allylic oxidation sites excluding steroid dienone is 3. The summed E-state index contributed by atoms with van der Waals surface area (Å²) in [7, 11) is 0. The van der Waals surface area contributed by atoms with Gasteiger partial charge in [-0.15, -0.1) is 0 Å². The molecule has 1 heterocycles. The van der Waals surface area contributed by atoms with Gasteiger partial charge in [0.15, 0.2) is 23.0 Å². The van der Waals surface area contributed by atoms with E-state index >= 15 is 0 Å². The van der Waals surface area contributed by atoms with Gasteiger partial charge in [0.1, 0.15) is 6.10 Å². The third kappa shape index (κ3) is 3.66. The highest BCUT2D eigenvalue weighted by Crippen LogP contribution is 2.37. The second-order valence-corrected chi connectivity index (χ2v) is 4.68. The molecule has 0 aromatic heterocycles. The topological polar surface area (TPSA) is 55.8 Å². The van der Waals surface area contributed by atoms with Crippen LogP contribution in [0.5, 0.6) is 0 Å². The largest absolute Gasteiger partial charge is 0.397 e. The van der Waals surface area contributed by atoms with Gasteiger partial charge < -0.3 is 12.9 Å². The van der Waals surface area contributed by atoms with Crippen LogP contribution in [0.2, 0.25) is 0 Å². The number of hydrogen-bond donors (Lipinski definition) is 1. The molecule has 0 aromatic rings. The van der Waals surface area contributed by atoms with Gasteiger partial charge in [0.25, 0.3) is 0 Å². The lowest BCUT2D eigenvalue weighted by atomic mass is 9.82. The number of rotatable bonds is 2. The van der Waals surface area contributed by atoms with Crippen LogP contribution >= 0.6 is 23.0 Å². The molecule has 0 bridgehead atoms. The average Bonchev–Trinajstić information content (AvgIpc) is 2.79. The van der Waals surface area contributed by atoms with Crippen LogP contribution < -0.4 is 0 Å². The van der Waals surface area contributed by atoms with Crippen LogP contribution in [0.25, 0.3) is 0 Å². The van der Waals surface area contributed by atoms with Crippen molar-refractivity contribution in [1.82, 2.24) is 0 Å². The van der Waals surface area contributed by atoms with Gasteiger partial charge in [0.05, 0.1) is 12.7 Å². The Morgan fingerprint density at radius 1 is 1.67 bits per heavy atom. The fraction of sp³-hybridized carbons (Fsp3) is 0.462. The van der Waals surface area contributed by atoms with Gasteiger partial charge in [0, 0.05) is 5.92 Å².